The normalized spacial score (nSPS) is 15.4. The van der Waals surface area contributed by atoms with Crippen molar-refractivity contribution in [2.24, 2.45) is 11.8 Å². The van der Waals surface area contributed by atoms with Gasteiger partial charge in [-0.3, -0.25) is 13.6 Å². The van der Waals surface area contributed by atoms with E-state index >= 15 is 0 Å². The fraction of sp³-hybridized carbons (Fsp3) is 0.467. The lowest BCUT2D eigenvalue weighted by Gasteiger charge is -2.33. The summed E-state index contributed by atoms with van der Waals surface area (Å²) in [5.74, 6) is 0.854. The van der Waals surface area contributed by atoms with Crippen LogP contribution in [-0.2, 0) is 6.42 Å². The lowest BCUT2D eigenvalue weighted by molar-refractivity contribution is 0.110. The highest BCUT2D eigenvalue weighted by atomic mass is 19.1. The van der Waals surface area contributed by atoms with Gasteiger partial charge in [0.15, 0.2) is 6.29 Å². The molecule has 5 rings (SSSR count). The molecule has 3 aromatic rings. The number of aromatic nitrogens is 2. The van der Waals surface area contributed by atoms with E-state index in [1.807, 2.05) is 31.5 Å². The summed E-state index contributed by atoms with van der Waals surface area (Å²) < 4.78 is 23.0. The molecule has 0 amide bonds. The monoisotopic (exact) mass is 497 g/mol. The molecule has 1 aliphatic heterocycles. The topological polar surface area (TPSA) is 37.6 Å². The van der Waals surface area contributed by atoms with E-state index in [-0.39, 0.29) is 6.67 Å². The van der Waals surface area contributed by atoms with E-state index in [4.69, 9.17) is 0 Å². The number of imidazole rings is 1. The number of aldehydes is 1. The Morgan fingerprint density at radius 3 is 2.39 bits per heavy atom. The molecule has 36 heavy (non-hydrogen) atoms. The highest BCUT2D eigenvalue weighted by Crippen LogP contribution is 2.38. The van der Waals surface area contributed by atoms with Gasteiger partial charge in [0.2, 0.25) is 0 Å². The third-order valence-electron chi connectivity index (χ3n) is 6.44. The number of nitrogens with zero attached hydrogens (tertiary/aromatic N) is 3. The number of carbonyl (C=O) groups excluding carboxylic acids is 1. The van der Waals surface area contributed by atoms with E-state index in [9.17, 15) is 13.6 Å². The van der Waals surface area contributed by atoms with Crippen LogP contribution in [0.5, 0.6) is 0 Å². The Balaban J connectivity index is 0.000000351. The van der Waals surface area contributed by atoms with Crippen LogP contribution in [0.2, 0.25) is 0 Å². The fourth-order valence-corrected chi connectivity index (χ4v) is 4.81. The summed E-state index contributed by atoms with van der Waals surface area (Å²) in [5.41, 5.74) is 8.10. The summed E-state index contributed by atoms with van der Waals surface area (Å²) in [7, 11) is 2.51. The van der Waals surface area contributed by atoms with Crippen LogP contribution in [0.25, 0.3) is 11.2 Å². The van der Waals surface area contributed by atoms with Crippen molar-refractivity contribution in [1.82, 2.24) is 14.3 Å². The number of hydrogen-bond acceptors (Lipinski definition) is 3. The molecule has 1 aromatic carbocycles. The molecular weight excluding hydrogens is 456 g/mol. The van der Waals surface area contributed by atoms with Gasteiger partial charge in [-0.25, -0.2) is 4.98 Å². The second-order valence-corrected chi connectivity index (χ2v) is 9.27. The van der Waals surface area contributed by atoms with E-state index in [1.54, 1.807) is 6.20 Å². The average Bonchev–Trinajstić information content (AvgIpc) is 3.21. The van der Waals surface area contributed by atoms with E-state index in [2.05, 4.69) is 60.1 Å². The van der Waals surface area contributed by atoms with Gasteiger partial charge in [0.1, 0.15) is 11.3 Å². The predicted octanol–water partition coefficient (Wildman–Crippen LogP) is 7.07. The number of allylic oxidation sites excluding steroid dienone is 1. The minimum absolute atomic E-state index is 0.135. The number of pyridine rings is 1. The Morgan fingerprint density at radius 1 is 1.11 bits per heavy atom. The maximum Gasteiger partial charge on any atom is 0.170 e. The van der Waals surface area contributed by atoms with Crippen molar-refractivity contribution in [1.29, 1.82) is 0 Å². The maximum absolute atomic E-state index is 11.6. The number of halogens is 2. The van der Waals surface area contributed by atoms with Gasteiger partial charge in [0.25, 0.3) is 0 Å². The molecule has 2 aromatic heterocycles. The molecule has 0 unspecified atom stereocenters. The van der Waals surface area contributed by atoms with Crippen molar-refractivity contribution in [2.75, 3.05) is 34.0 Å². The molecule has 0 saturated carbocycles. The Labute approximate surface area is 215 Å². The lowest BCUT2D eigenvalue weighted by atomic mass is 9.87. The SMILES string of the molecule is CC.CC(C)C1=C(c2ccn3cc(C=O)nc3c2)c2ccccc2CCC1.CF.CN1CC(CF)C1. The van der Waals surface area contributed by atoms with Crippen LogP contribution in [0.15, 0.2) is 54.4 Å². The molecule has 1 saturated heterocycles. The van der Waals surface area contributed by atoms with Crippen LogP contribution in [0.4, 0.5) is 8.78 Å². The van der Waals surface area contributed by atoms with E-state index in [1.165, 1.54) is 34.3 Å². The number of benzene rings is 1. The van der Waals surface area contributed by atoms with Crippen molar-refractivity contribution in [3.63, 3.8) is 0 Å². The van der Waals surface area contributed by atoms with Crippen LogP contribution >= 0.6 is 0 Å². The zero-order valence-electron chi connectivity index (χ0n) is 22.6. The second kappa shape index (κ2) is 14.6. The molecule has 196 valence electrons. The van der Waals surface area contributed by atoms with Gasteiger partial charge in [-0.2, -0.15) is 0 Å². The number of aryl methyl sites for hydroxylation is 1. The quantitative estimate of drug-likeness (QED) is 0.362. The predicted molar refractivity (Wildman–Crippen MR) is 146 cm³/mol. The first-order valence-electron chi connectivity index (χ1n) is 12.9. The minimum atomic E-state index is -0.135. The Bertz CT molecular complexity index is 1130. The average molecular weight is 498 g/mol. The third-order valence-corrected chi connectivity index (χ3v) is 6.44. The largest absolute Gasteiger partial charge is 0.306 e. The van der Waals surface area contributed by atoms with Crippen molar-refractivity contribution in [2.45, 2.75) is 47.0 Å². The van der Waals surface area contributed by atoms with Crippen molar-refractivity contribution in [3.05, 3.63) is 76.7 Å². The summed E-state index contributed by atoms with van der Waals surface area (Å²) in [6.45, 7) is 10.3. The van der Waals surface area contributed by atoms with Gasteiger partial charge in [-0.05, 0) is 66.6 Å². The maximum atomic E-state index is 11.6. The first kappa shape index (κ1) is 29.4. The van der Waals surface area contributed by atoms with Crippen LogP contribution < -0.4 is 0 Å². The van der Waals surface area contributed by atoms with Crippen LogP contribution in [0, 0.1) is 11.8 Å². The molecule has 0 bridgehead atoms. The highest BCUT2D eigenvalue weighted by molar-refractivity contribution is 5.85. The molecule has 0 atom stereocenters. The van der Waals surface area contributed by atoms with Crippen molar-refractivity contribution in [3.8, 4) is 0 Å². The van der Waals surface area contributed by atoms with Crippen LogP contribution in [0.3, 0.4) is 0 Å². The Kier molecular flexibility index (Phi) is 11.9. The molecule has 0 radical (unpaired) electrons. The molecule has 0 N–H and O–H groups in total. The highest BCUT2D eigenvalue weighted by Gasteiger charge is 2.22. The molecule has 2 aliphatic rings. The standard InChI is InChI=1S/C22H22N2O.C5H10FN.C2H6.CH3F/c1-15(2)19-9-5-7-16-6-3-4-8-20(16)22(19)17-10-11-24-13-18(14-25)23-21(24)12-17;1-7-3-5(2-6)4-7;2*1-2/h3-4,6,8,10-15H,5,7,9H2,1-2H3;5H,2-4H2,1H3;1-2H3;1H3. The zero-order valence-corrected chi connectivity index (χ0v) is 22.6. The Morgan fingerprint density at radius 2 is 1.81 bits per heavy atom. The zero-order chi connectivity index (χ0) is 26.7. The minimum Gasteiger partial charge on any atom is -0.306 e. The number of rotatable bonds is 4. The smallest absolute Gasteiger partial charge is 0.170 e. The summed E-state index contributed by atoms with van der Waals surface area (Å²) in [6.07, 6.45) is 8.01. The number of alkyl halides is 2. The van der Waals surface area contributed by atoms with Gasteiger partial charge >= 0.3 is 0 Å². The molecule has 0 spiro atoms. The lowest BCUT2D eigenvalue weighted by Crippen LogP contribution is -2.44. The van der Waals surface area contributed by atoms with E-state index < -0.39 is 0 Å². The van der Waals surface area contributed by atoms with Crippen molar-refractivity contribution < 1.29 is 13.6 Å². The second-order valence-electron chi connectivity index (χ2n) is 9.27. The van der Waals surface area contributed by atoms with Gasteiger partial charge in [0, 0.05) is 31.4 Å². The molecular formula is C30H41F2N3O. The summed E-state index contributed by atoms with van der Waals surface area (Å²) in [4.78, 5) is 17.6. The van der Waals surface area contributed by atoms with Gasteiger partial charge < -0.3 is 9.30 Å². The fourth-order valence-electron chi connectivity index (χ4n) is 4.81. The number of hydrogen-bond donors (Lipinski definition) is 0. The summed E-state index contributed by atoms with van der Waals surface area (Å²) >= 11 is 0. The first-order valence-corrected chi connectivity index (χ1v) is 12.9. The summed E-state index contributed by atoms with van der Waals surface area (Å²) in [5, 5.41) is 0. The molecule has 1 aliphatic carbocycles. The number of fused-ring (bicyclic) bond motifs is 2. The van der Waals surface area contributed by atoms with Crippen LogP contribution in [0.1, 0.15) is 67.7 Å². The molecule has 3 heterocycles. The third kappa shape index (κ3) is 7.10. The first-order chi connectivity index (χ1) is 17.5. The molecule has 4 nitrogen and oxygen atoms in total. The summed E-state index contributed by atoms with van der Waals surface area (Å²) in [6, 6.07) is 13.0. The number of likely N-dealkylation sites (tertiary alicyclic amines) is 1. The van der Waals surface area contributed by atoms with E-state index in [0.29, 0.717) is 24.7 Å². The van der Waals surface area contributed by atoms with Gasteiger partial charge in [-0.15, -0.1) is 0 Å². The Hall–Kier alpha value is -2.86. The van der Waals surface area contributed by atoms with Crippen molar-refractivity contribution >= 4 is 17.5 Å². The van der Waals surface area contributed by atoms with Gasteiger partial charge in [-0.1, -0.05) is 57.5 Å². The van der Waals surface area contributed by atoms with Gasteiger partial charge in [0.05, 0.1) is 13.9 Å². The number of carbonyl (C=O) groups is 1. The van der Waals surface area contributed by atoms with Crippen LogP contribution in [-0.4, -0.2) is 54.6 Å². The molecule has 1 fully saturated rings. The van der Waals surface area contributed by atoms with E-state index in [0.717, 1.165) is 37.9 Å². The molecule has 6 heteroatoms.